The molecule has 1 radical (unpaired) electrons. The van der Waals surface area contributed by atoms with Crippen molar-refractivity contribution in [2.75, 3.05) is 0 Å². The number of aliphatic carboxylic acids is 2. The van der Waals surface area contributed by atoms with E-state index >= 15 is 0 Å². The summed E-state index contributed by atoms with van der Waals surface area (Å²) in [4.78, 5) is 63.5. The zero-order chi connectivity index (χ0) is 19.9. The van der Waals surface area contributed by atoms with Crippen LogP contribution in [0.4, 0.5) is 0 Å². The van der Waals surface area contributed by atoms with Crippen LogP contribution in [0.3, 0.4) is 0 Å². The van der Waals surface area contributed by atoms with Crippen molar-refractivity contribution < 1.29 is 56.0 Å². The Hall–Kier alpha value is -1.86. The predicted octanol–water partition coefficient (Wildman–Crippen LogP) is 1.29. The second kappa shape index (κ2) is 10.9. The summed E-state index contributed by atoms with van der Waals surface area (Å²) in [6.07, 6.45) is -1.03. The van der Waals surface area contributed by atoms with Gasteiger partial charge in [-0.3, -0.25) is 19.2 Å². The van der Waals surface area contributed by atoms with Crippen molar-refractivity contribution in [1.82, 2.24) is 0 Å². The van der Waals surface area contributed by atoms with Crippen molar-refractivity contribution in [3.63, 3.8) is 0 Å². The molecule has 147 valence electrons. The van der Waals surface area contributed by atoms with Crippen molar-refractivity contribution in [2.45, 2.75) is 54.4 Å². The molecular formula is C16H24CuO8. The van der Waals surface area contributed by atoms with Gasteiger partial charge in [0.05, 0.1) is 12.8 Å². The Morgan fingerprint density at radius 3 is 0.920 bits per heavy atom. The smallest absolute Gasteiger partial charge is 0.372 e. The maximum absolute atomic E-state index is 11.1. The number of rotatable bonds is 6. The molecule has 0 aliphatic carbocycles. The van der Waals surface area contributed by atoms with Gasteiger partial charge in [-0.15, -0.1) is 0 Å². The number of hydrogen-bond donors (Lipinski definition) is 2. The van der Waals surface area contributed by atoms with Crippen molar-refractivity contribution in [3.8, 4) is 0 Å². The van der Waals surface area contributed by atoms with Gasteiger partial charge in [0, 0.05) is 27.9 Å². The molecule has 0 bridgehead atoms. The minimum atomic E-state index is -1.55. The summed E-state index contributed by atoms with van der Waals surface area (Å²) in [5.74, 6) is -5.89. The summed E-state index contributed by atoms with van der Waals surface area (Å²) in [6, 6.07) is 0. The van der Waals surface area contributed by atoms with Gasteiger partial charge in [-0.25, -0.2) is 9.59 Å². The second-order valence-corrected chi connectivity index (χ2v) is 7.16. The van der Waals surface area contributed by atoms with Crippen LogP contribution in [-0.2, 0) is 45.8 Å². The average Bonchev–Trinajstić information content (AvgIpc) is 2.36. The minimum absolute atomic E-state index is 0. The summed E-state index contributed by atoms with van der Waals surface area (Å²) in [6.45, 7) is 9.86. The van der Waals surface area contributed by atoms with E-state index < -0.39 is 47.2 Å². The van der Waals surface area contributed by atoms with Crippen LogP contribution in [0.2, 0.25) is 0 Å². The molecule has 2 N–H and O–H groups in total. The van der Waals surface area contributed by atoms with Crippen LogP contribution in [0, 0.1) is 10.8 Å². The molecule has 0 atom stereocenters. The molecule has 0 fully saturated rings. The third-order valence-electron chi connectivity index (χ3n) is 2.79. The largest absolute Gasteiger partial charge is 0.475 e. The number of ketones is 4. The zero-order valence-electron chi connectivity index (χ0n) is 15.1. The van der Waals surface area contributed by atoms with Crippen LogP contribution in [0.1, 0.15) is 54.4 Å². The minimum Gasteiger partial charge on any atom is -0.475 e. The van der Waals surface area contributed by atoms with E-state index in [1.807, 2.05) is 0 Å². The first-order valence-corrected chi connectivity index (χ1v) is 7.09. The predicted molar refractivity (Wildman–Crippen MR) is 83.4 cm³/mol. The van der Waals surface area contributed by atoms with Gasteiger partial charge in [-0.2, -0.15) is 0 Å². The van der Waals surface area contributed by atoms with E-state index in [-0.39, 0.29) is 28.6 Å². The number of carboxylic acid groups (broad SMARTS) is 2. The van der Waals surface area contributed by atoms with Gasteiger partial charge in [-0.05, 0) is 0 Å². The van der Waals surface area contributed by atoms with E-state index in [9.17, 15) is 28.8 Å². The fourth-order valence-corrected chi connectivity index (χ4v) is 0.973. The van der Waals surface area contributed by atoms with Crippen molar-refractivity contribution >= 4 is 35.1 Å². The van der Waals surface area contributed by atoms with Crippen LogP contribution in [0.25, 0.3) is 0 Å². The summed E-state index contributed by atoms with van der Waals surface area (Å²) in [7, 11) is 0. The molecule has 8 nitrogen and oxygen atoms in total. The van der Waals surface area contributed by atoms with Crippen LogP contribution in [0.15, 0.2) is 0 Å². The van der Waals surface area contributed by atoms with Gasteiger partial charge < -0.3 is 10.2 Å². The average molecular weight is 408 g/mol. The molecule has 0 unspecified atom stereocenters. The summed E-state index contributed by atoms with van der Waals surface area (Å²) in [5.41, 5.74) is -1.30. The molecule has 0 aliphatic rings. The molecule has 0 aliphatic heterocycles. The maximum Gasteiger partial charge on any atom is 0.372 e. The number of carbonyl (C=O) groups is 6. The first-order chi connectivity index (χ1) is 10.5. The molecule has 0 amide bonds. The van der Waals surface area contributed by atoms with Crippen molar-refractivity contribution in [3.05, 3.63) is 0 Å². The Labute approximate surface area is 156 Å². The van der Waals surface area contributed by atoms with Gasteiger partial charge in [0.15, 0.2) is 0 Å². The van der Waals surface area contributed by atoms with Gasteiger partial charge in [0.25, 0.3) is 0 Å². The fourth-order valence-electron chi connectivity index (χ4n) is 0.973. The molecule has 0 aromatic carbocycles. The van der Waals surface area contributed by atoms with E-state index in [4.69, 9.17) is 10.2 Å². The normalized spacial score (nSPS) is 10.5. The second-order valence-electron chi connectivity index (χ2n) is 7.16. The van der Waals surface area contributed by atoms with E-state index in [2.05, 4.69) is 0 Å². The molecule has 0 saturated heterocycles. The maximum atomic E-state index is 11.1. The van der Waals surface area contributed by atoms with Gasteiger partial charge in [0.1, 0.15) is 11.6 Å². The molecule has 25 heavy (non-hydrogen) atoms. The Morgan fingerprint density at radius 1 is 0.600 bits per heavy atom. The third-order valence-corrected chi connectivity index (χ3v) is 2.79. The Balaban J connectivity index is -0.000000372. The summed E-state index contributed by atoms with van der Waals surface area (Å²) < 4.78 is 0. The van der Waals surface area contributed by atoms with Crippen LogP contribution in [-0.4, -0.2) is 45.3 Å². The first kappa shape index (κ1) is 28.0. The number of Topliss-reactive ketones (excluding diaryl/α,β-unsaturated/α-hetero) is 4. The molecular weight excluding hydrogens is 384 g/mol. The molecule has 0 spiro atoms. The van der Waals surface area contributed by atoms with Crippen LogP contribution < -0.4 is 0 Å². The molecule has 0 heterocycles. The Morgan fingerprint density at radius 2 is 0.800 bits per heavy atom. The third kappa shape index (κ3) is 13.1. The topological polar surface area (TPSA) is 143 Å². The van der Waals surface area contributed by atoms with Gasteiger partial charge in [0.2, 0.25) is 11.6 Å². The van der Waals surface area contributed by atoms with Crippen LogP contribution >= 0.6 is 0 Å². The van der Waals surface area contributed by atoms with E-state index in [1.54, 1.807) is 41.5 Å². The molecule has 9 heteroatoms. The Bertz CT molecular complexity index is 499. The molecule has 0 saturated carbocycles. The first-order valence-electron chi connectivity index (χ1n) is 7.09. The number of carbonyl (C=O) groups excluding carboxylic acids is 4. The van der Waals surface area contributed by atoms with Gasteiger partial charge >= 0.3 is 11.9 Å². The monoisotopic (exact) mass is 407 g/mol. The fraction of sp³-hybridized carbons (Fsp3) is 0.625. The van der Waals surface area contributed by atoms with Crippen molar-refractivity contribution in [1.29, 1.82) is 0 Å². The number of hydrogen-bond acceptors (Lipinski definition) is 6. The molecule has 0 rings (SSSR count). The van der Waals surface area contributed by atoms with Gasteiger partial charge in [-0.1, -0.05) is 41.5 Å². The summed E-state index contributed by atoms with van der Waals surface area (Å²) in [5, 5.41) is 16.4. The standard InChI is InChI=1S/2C8H12O4.Cu/c2*1-8(2,3)6(10)4-5(9)7(11)12;/h2*4H2,1-3H3,(H,11,12);. The van der Waals surface area contributed by atoms with E-state index in [1.165, 1.54) is 0 Å². The zero-order valence-corrected chi connectivity index (χ0v) is 16.0. The van der Waals surface area contributed by atoms with Crippen LogP contribution in [0.5, 0.6) is 0 Å². The number of carboxylic acids is 2. The summed E-state index contributed by atoms with van der Waals surface area (Å²) >= 11 is 0. The molecule has 0 aromatic heterocycles. The SMILES string of the molecule is CC(C)(C)C(=O)CC(=O)C(=O)O.CC(C)(C)C(=O)CC(=O)C(=O)O.[Cu]. The molecule has 0 aromatic rings. The Kier molecular flexibility index (Phi) is 12.2. The van der Waals surface area contributed by atoms with Crippen molar-refractivity contribution in [2.24, 2.45) is 10.8 Å². The van der Waals surface area contributed by atoms with E-state index in [0.29, 0.717) is 0 Å². The van der Waals surface area contributed by atoms with E-state index in [0.717, 1.165) is 0 Å². The quantitative estimate of drug-likeness (QED) is 0.380.